The lowest BCUT2D eigenvalue weighted by molar-refractivity contribution is -0.206. The average molecular weight is 640 g/mol. The van der Waals surface area contributed by atoms with E-state index in [2.05, 4.69) is 16.2 Å². The predicted octanol–water partition coefficient (Wildman–Crippen LogP) is 3.12. The van der Waals surface area contributed by atoms with E-state index in [1.165, 1.54) is 37.4 Å². The number of nitrogens with zero attached hydrogens (tertiary/aromatic N) is 2. The summed E-state index contributed by atoms with van der Waals surface area (Å²) in [7, 11) is 1.40. The number of rotatable bonds is 12. The van der Waals surface area contributed by atoms with Crippen LogP contribution in [0.1, 0.15) is 30.0 Å². The van der Waals surface area contributed by atoms with Crippen LogP contribution >= 0.6 is 11.6 Å². The molecule has 0 saturated carbocycles. The lowest BCUT2D eigenvalue weighted by Gasteiger charge is -2.26. The maximum Gasteiger partial charge on any atom is 0.416 e. The number of methoxy groups -OCH3 is 1. The minimum atomic E-state index is -5.03. The van der Waals surface area contributed by atoms with Crippen molar-refractivity contribution in [2.45, 2.75) is 43.4 Å². The third-order valence-corrected chi connectivity index (χ3v) is 6.54. The second-order valence-corrected chi connectivity index (χ2v) is 9.91. The first kappa shape index (κ1) is 33.9. The molecule has 0 aliphatic carbocycles. The number of carbonyl (C=O) groups is 3. The number of alkyl halides is 6. The van der Waals surface area contributed by atoms with E-state index in [9.17, 15) is 45.8 Å². The standard InChI is InChI=1S/C26H28ClF6N5O5/c1-43-10-9-34-22(40)12-19(15-3-2-4-16(11-15)25(28,29)30)35-23(41)14-37-24(42)20(13-21(39)26(31,32)33)38(36-37)18-7-5-17(27)6-8-18/h2-8,11,19-21,36,39H,9-10,12-14H2,1H3,(H,34,40)(H,35,41)/t19-,20?,21-/m0/s1. The Labute approximate surface area is 246 Å². The van der Waals surface area contributed by atoms with Crippen molar-refractivity contribution in [1.82, 2.24) is 21.2 Å². The molecular weight excluding hydrogens is 612 g/mol. The summed E-state index contributed by atoms with van der Waals surface area (Å²) in [5.74, 6) is -2.56. The Balaban J connectivity index is 1.82. The number of benzene rings is 2. The van der Waals surface area contributed by atoms with Gasteiger partial charge >= 0.3 is 12.4 Å². The van der Waals surface area contributed by atoms with Gasteiger partial charge in [0.05, 0.1) is 30.3 Å². The monoisotopic (exact) mass is 639 g/mol. The number of halogens is 7. The van der Waals surface area contributed by atoms with Crippen molar-refractivity contribution in [3.05, 3.63) is 64.7 Å². The Hall–Kier alpha value is -3.60. The van der Waals surface area contributed by atoms with Crippen molar-refractivity contribution in [2.75, 3.05) is 31.8 Å². The molecule has 236 valence electrons. The molecule has 1 heterocycles. The van der Waals surface area contributed by atoms with Gasteiger partial charge in [0.25, 0.3) is 5.91 Å². The molecule has 3 amide bonds. The van der Waals surface area contributed by atoms with E-state index in [-0.39, 0.29) is 24.4 Å². The van der Waals surface area contributed by atoms with Crippen LogP contribution in [-0.2, 0) is 25.3 Å². The summed E-state index contributed by atoms with van der Waals surface area (Å²) in [4.78, 5) is 38.6. The van der Waals surface area contributed by atoms with Gasteiger partial charge in [0.2, 0.25) is 11.8 Å². The van der Waals surface area contributed by atoms with Crippen LogP contribution < -0.4 is 21.2 Å². The predicted molar refractivity (Wildman–Crippen MR) is 141 cm³/mol. The first-order valence-electron chi connectivity index (χ1n) is 12.7. The minimum absolute atomic E-state index is 0.0558. The van der Waals surface area contributed by atoms with Gasteiger partial charge in [-0.3, -0.25) is 19.4 Å². The molecule has 1 aliphatic heterocycles. The SMILES string of the molecule is COCCNC(=O)C[C@H](NC(=O)CN1NN(c2ccc(Cl)cc2)C(C[C@H](O)C(F)(F)F)C1=O)c1cccc(C(F)(F)F)c1. The topological polar surface area (TPSA) is 123 Å². The molecule has 3 atom stereocenters. The second-order valence-electron chi connectivity index (χ2n) is 9.47. The summed E-state index contributed by atoms with van der Waals surface area (Å²) in [5, 5.41) is 16.6. The number of aliphatic hydroxyl groups is 1. The molecule has 3 rings (SSSR count). The molecule has 17 heteroatoms. The van der Waals surface area contributed by atoms with Crippen LogP contribution in [-0.4, -0.2) is 73.0 Å². The van der Waals surface area contributed by atoms with Crippen molar-refractivity contribution in [2.24, 2.45) is 0 Å². The summed E-state index contributed by atoms with van der Waals surface area (Å²) in [6.45, 7) is -0.553. The quantitative estimate of drug-likeness (QED) is 0.208. The third kappa shape index (κ3) is 9.44. The highest BCUT2D eigenvalue weighted by Crippen LogP contribution is 2.32. The normalized spacial score (nSPS) is 17.1. The Kier molecular flexibility index (Phi) is 11.2. The number of nitrogens with one attached hydrogen (secondary N) is 3. The molecule has 1 aliphatic rings. The van der Waals surface area contributed by atoms with Gasteiger partial charge in [-0.2, -0.15) is 26.3 Å². The Morgan fingerprint density at radius 1 is 1.09 bits per heavy atom. The van der Waals surface area contributed by atoms with Gasteiger partial charge in [0, 0.05) is 25.1 Å². The molecule has 1 unspecified atom stereocenters. The zero-order valence-corrected chi connectivity index (χ0v) is 23.3. The smallest absolute Gasteiger partial charge is 0.384 e. The van der Waals surface area contributed by atoms with Gasteiger partial charge in [-0.1, -0.05) is 23.7 Å². The van der Waals surface area contributed by atoms with Crippen molar-refractivity contribution >= 4 is 35.0 Å². The number of amides is 3. The third-order valence-electron chi connectivity index (χ3n) is 6.29. The van der Waals surface area contributed by atoms with Gasteiger partial charge in [-0.15, -0.1) is 5.53 Å². The zero-order chi connectivity index (χ0) is 31.9. The lowest BCUT2D eigenvalue weighted by Crippen LogP contribution is -2.47. The molecule has 0 radical (unpaired) electrons. The molecule has 43 heavy (non-hydrogen) atoms. The van der Waals surface area contributed by atoms with Gasteiger partial charge in [-0.25, -0.2) is 5.01 Å². The van der Waals surface area contributed by atoms with Crippen LogP contribution in [0.25, 0.3) is 0 Å². The van der Waals surface area contributed by atoms with Gasteiger partial charge in [0.15, 0.2) is 6.10 Å². The van der Waals surface area contributed by atoms with Crippen LogP contribution in [0.2, 0.25) is 5.02 Å². The Bertz CT molecular complexity index is 1280. The van der Waals surface area contributed by atoms with E-state index < -0.39 is 73.2 Å². The Morgan fingerprint density at radius 3 is 2.37 bits per heavy atom. The largest absolute Gasteiger partial charge is 0.416 e. The summed E-state index contributed by atoms with van der Waals surface area (Å²) >= 11 is 5.88. The highest BCUT2D eigenvalue weighted by atomic mass is 35.5. The van der Waals surface area contributed by atoms with E-state index in [1.807, 2.05) is 0 Å². The van der Waals surface area contributed by atoms with E-state index in [0.717, 1.165) is 23.2 Å². The second kappa shape index (κ2) is 14.2. The molecule has 4 N–H and O–H groups in total. The molecule has 0 aromatic heterocycles. The summed E-state index contributed by atoms with van der Waals surface area (Å²) in [6.07, 6.45) is -14.2. The summed E-state index contributed by atoms with van der Waals surface area (Å²) < 4.78 is 84.2. The maximum absolute atomic E-state index is 13.3. The minimum Gasteiger partial charge on any atom is -0.384 e. The van der Waals surface area contributed by atoms with Crippen LogP contribution in [0.15, 0.2) is 48.5 Å². The average Bonchev–Trinajstić information content (AvgIpc) is 3.22. The summed E-state index contributed by atoms with van der Waals surface area (Å²) in [5.41, 5.74) is 1.63. The van der Waals surface area contributed by atoms with E-state index >= 15 is 0 Å². The number of ether oxygens (including phenoxy) is 1. The van der Waals surface area contributed by atoms with Gasteiger partial charge in [-0.05, 0) is 42.0 Å². The Morgan fingerprint density at radius 2 is 1.77 bits per heavy atom. The lowest BCUT2D eigenvalue weighted by atomic mass is 10.0. The molecule has 0 spiro atoms. The van der Waals surface area contributed by atoms with Crippen LogP contribution in [0.4, 0.5) is 32.0 Å². The van der Waals surface area contributed by atoms with Crippen molar-refractivity contribution < 1.29 is 50.6 Å². The van der Waals surface area contributed by atoms with E-state index in [0.29, 0.717) is 10.0 Å². The highest BCUT2D eigenvalue weighted by molar-refractivity contribution is 6.30. The number of anilines is 1. The van der Waals surface area contributed by atoms with Crippen LogP contribution in [0.3, 0.4) is 0 Å². The van der Waals surface area contributed by atoms with E-state index in [1.54, 1.807) is 0 Å². The summed E-state index contributed by atoms with van der Waals surface area (Å²) in [6, 6.07) is 6.70. The van der Waals surface area contributed by atoms with Crippen LogP contribution in [0.5, 0.6) is 0 Å². The van der Waals surface area contributed by atoms with Gasteiger partial charge in [0.1, 0.15) is 12.6 Å². The number of hydrogen-bond acceptors (Lipinski definition) is 7. The molecule has 2 aromatic carbocycles. The van der Waals surface area contributed by atoms with E-state index in [4.69, 9.17) is 16.3 Å². The number of hydrogen-bond donors (Lipinski definition) is 4. The molecular formula is C26H28ClF6N5O5. The van der Waals surface area contributed by atoms with Crippen LogP contribution in [0, 0.1) is 0 Å². The molecule has 0 bridgehead atoms. The maximum atomic E-state index is 13.3. The fourth-order valence-corrected chi connectivity index (χ4v) is 4.29. The van der Waals surface area contributed by atoms with Gasteiger partial charge < -0.3 is 20.5 Å². The number of carbonyl (C=O) groups excluding carboxylic acids is 3. The molecule has 1 saturated heterocycles. The number of hydrazine groups is 2. The first-order valence-corrected chi connectivity index (χ1v) is 13.1. The zero-order valence-electron chi connectivity index (χ0n) is 22.5. The molecule has 1 fully saturated rings. The fourth-order valence-electron chi connectivity index (χ4n) is 4.16. The molecule has 10 nitrogen and oxygen atoms in total. The van der Waals surface area contributed by atoms with Crippen molar-refractivity contribution in [3.8, 4) is 0 Å². The number of aliphatic hydroxyl groups excluding tert-OH is 1. The van der Waals surface area contributed by atoms with Crippen molar-refractivity contribution in [1.29, 1.82) is 0 Å². The molecule has 2 aromatic rings. The first-order chi connectivity index (χ1) is 20.1. The fraction of sp³-hybridized carbons (Fsp3) is 0.423. The van der Waals surface area contributed by atoms with Crippen molar-refractivity contribution in [3.63, 3.8) is 0 Å². The highest BCUT2D eigenvalue weighted by Gasteiger charge is 2.47.